The van der Waals surface area contributed by atoms with Gasteiger partial charge in [-0.1, -0.05) is 13.8 Å². The molecule has 4 rings (SSSR count). The van der Waals surface area contributed by atoms with Gasteiger partial charge >= 0.3 is 0 Å². The van der Waals surface area contributed by atoms with Gasteiger partial charge in [-0.05, 0) is 44.6 Å². The predicted octanol–water partition coefficient (Wildman–Crippen LogP) is 2.33. The Morgan fingerprint density at radius 1 is 1.26 bits per heavy atom. The van der Waals surface area contributed by atoms with E-state index in [1.807, 2.05) is 13.8 Å². The van der Waals surface area contributed by atoms with Gasteiger partial charge < -0.3 is 15.3 Å². The lowest BCUT2D eigenvalue weighted by Crippen LogP contribution is -2.38. The molecule has 2 aromatic heterocycles. The molecule has 1 atom stereocenters. The highest BCUT2D eigenvalue weighted by Crippen LogP contribution is 2.27. The van der Waals surface area contributed by atoms with Crippen LogP contribution in [0.3, 0.4) is 0 Å². The van der Waals surface area contributed by atoms with Crippen LogP contribution in [0.1, 0.15) is 61.1 Å². The Bertz CT molecular complexity index is 1210. The molecule has 34 heavy (non-hydrogen) atoms. The minimum absolute atomic E-state index is 0.00735. The van der Waals surface area contributed by atoms with Gasteiger partial charge in [0, 0.05) is 30.8 Å². The maximum Gasteiger partial charge on any atom is 0.270 e. The minimum Gasteiger partial charge on any atom is -0.492 e. The second kappa shape index (κ2) is 9.19. The average molecular weight is 478 g/mol. The quantitative estimate of drug-likeness (QED) is 0.595. The van der Waals surface area contributed by atoms with E-state index in [0.717, 1.165) is 22.3 Å². The number of amides is 2. The highest BCUT2D eigenvalue weighted by molar-refractivity contribution is 5.97. The van der Waals surface area contributed by atoms with Crippen LogP contribution < -0.4 is 10.9 Å². The number of aryl methyl sites for hydroxylation is 1. The Kier molecular flexibility index (Phi) is 6.46. The number of halogens is 2. The molecule has 0 aromatic carbocycles. The summed E-state index contributed by atoms with van der Waals surface area (Å²) in [5.41, 5.74) is -0.0141. The first kappa shape index (κ1) is 23.9. The summed E-state index contributed by atoms with van der Waals surface area (Å²) in [6.07, 6.45) is 2.41. The van der Waals surface area contributed by atoms with Crippen molar-refractivity contribution in [2.75, 3.05) is 6.54 Å². The first-order valence-electron chi connectivity index (χ1n) is 11.5. The van der Waals surface area contributed by atoms with Crippen LogP contribution in [0.2, 0.25) is 0 Å². The van der Waals surface area contributed by atoms with Crippen molar-refractivity contribution in [3.63, 3.8) is 0 Å². The molecule has 2 amide bonds. The van der Waals surface area contributed by atoms with Gasteiger partial charge in [-0.15, -0.1) is 0 Å². The van der Waals surface area contributed by atoms with E-state index in [0.29, 0.717) is 17.7 Å². The standard InChI is InChI=1S/C23H29F2N5O4/c1-12(2)11-29-21-15(8-9-17(31)28-10-4-5-16(28)19(24)25)13(3)27-30(21)23(34)18(22(29)33)20(32)26-14-6-7-14/h8-9,12,14,16,19,34H,4-7,10-11H2,1-3H3,(H,26,32). The normalized spacial score (nSPS) is 18.7. The molecule has 1 unspecified atom stereocenters. The van der Waals surface area contributed by atoms with Gasteiger partial charge in [0.15, 0.2) is 5.56 Å². The first-order valence-corrected chi connectivity index (χ1v) is 11.5. The third-order valence-corrected chi connectivity index (χ3v) is 6.17. The number of carbonyl (C=O) groups is 2. The van der Waals surface area contributed by atoms with Gasteiger partial charge in [-0.3, -0.25) is 19.0 Å². The van der Waals surface area contributed by atoms with E-state index in [1.165, 1.54) is 16.7 Å². The number of rotatable bonds is 7. The van der Waals surface area contributed by atoms with Gasteiger partial charge in [0.1, 0.15) is 5.65 Å². The van der Waals surface area contributed by atoms with E-state index >= 15 is 0 Å². The van der Waals surface area contributed by atoms with E-state index in [1.54, 1.807) is 6.92 Å². The number of hydrogen-bond donors (Lipinski definition) is 2. The van der Waals surface area contributed by atoms with E-state index < -0.39 is 35.7 Å². The molecule has 1 saturated carbocycles. The smallest absolute Gasteiger partial charge is 0.270 e. The number of carbonyl (C=O) groups excluding carboxylic acids is 2. The van der Waals surface area contributed by atoms with Crippen molar-refractivity contribution < 1.29 is 23.5 Å². The van der Waals surface area contributed by atoms with Crippen molar-refractivity contribution >= 4 is 23.5 Å². The van der Waals surface area contributed by atoms with Crippen LogP contribution >= 0.6 is 0 Å². The molecule has 1 saturated heterocycles. The maximum absolute atomic E-state index is 13.3. The topological polar surface area (TPSA) is 109 Å². The van der Waals surface area contributed by atoms with Crippen molar-refractivity contribution in [2.24, 2.45) is 5.92 Å². The summed E-state index contributed by atoms with van der Waals surface area (Å²) in [4.78, 5) is 39.8. The molecule has 1 aliphatic heterocycles. The fourth-order valence-corrected chi connectivity index (χ4v) is 4.36. The summed E-state index contributed by atoms with van der Waals surface area (Å²) in [7, 11) is 0. The summed E-state index contributed by atoms with van der Waals surface area (Å²) in [6, 6.07) is -1.12. The van der Waals surface area contributed by atoms with Crippen LogP contribution in [-0.2, 0) is 11.3 Å². The Labute approximate surface area is 195 Å². The summed E-state index contributed by atoms with van der Waals surface area (Å²) in [5.74, 6) is -1.76. The second-order valence-electron chi connectivity index (χ2n) is 9.40. The molecule has 2 fully saturated rings. The average Bonchev–Trinajstić information content (AvgIpc) is 3.31. The Balaban J connectivity index is 1.79. The molecule has 3 heterocycles. The largest absolute Gasteiger partial charge is 0.492 e. The highest BCUT2D eigenvalue weighted by atomic mass is 19.3. The molecular weight excluding hydrogens is 448 g/mol. The number of alkyl halides is 2. The van der Waals surface area contributed by atoms with Crippen LogP contribution in [0.15, 0.2) is 10.9 Å². The summed E-state index contributed by atoms with van der Waals surface area (Å²) < 4.78 is 29.0. The number of nitrogens with one attached hydrogen (secondary N) is 1. The van der Waals surface area contributed by atoms with Crippen molar-refractivity contribution in [1.82, 2.24) is 24.4 Å². The highest BCUT2D eigenvalue weighted by Gasteiger charge is 2.34. The number of aromatic nitrogens is 3. The third-order valence-electron chi connectivity index (χ3n) is 6.17. The molecule has 0 bridgehead atoms. The van der Waals surface area contributed by atoms with Crippen LogP contribution in [0, 0.1) is 12.8 Å². The lowest BCUT2D eigenvalue weighted by Gasteiger charge is -2.22. The number of aromatic hydroxyl groups is 1. The zero-order chi connectivity index (χ0) is 24.7. The maximum atomic E-state index is 13.3. The Morgan fingerprint density at radius 3 is 2.59 bits per heavy atom. The first-order chi connectivity index (χ1) is 16.1. The van der Waals surface area contributed by atoms with E-state index in [-0.39, 0.29) is 42.7 Å². The Morgan fingerprint density at radius 2 is 1.97 bits per heavy atom. The zero-order valence-electron chi connectivity index (χ0n) is 19.4. The molecule has 184 valence electrons. The molecule has 9 nitrogen and oxygen atoms in total. The lowest BCUT2D eigenvalue weighted by molar-refractivity contribution is -0.129. The molecule has 0 spiro atoms. The number of nitrogens with zero attached hydrogens (tertiary/aromatic N) is 4. The van der Waals surface area contributed by atoms with Crippen molar-refractivity contribution in [3.05, 3.63) is 33.3 Å². The van der Waals surface area contributed by atoms with E-state index in [4.69, 9.17) is 0 Å². The minimum atomic E-state index is -2.62. The van der Waals surface area contributed by atoms with Gasteiger partial charge in [-0.2, -0.15) is 9.61 Å². The molecule has 0 radical (unpaired) electrons. The van der Waals surface area contributed by atoms with E-state index in [2.05, 4.69) is 10.4 Å². The molecule has 2 aliphatic rings. The molecule has 11 heteroatoms. The molecular formula is C23H29F2N5O4. The number of hydrogen-bond acceptors (Lipinski definition) is 5. The van der Waals surface area contributed by atoms with Crippen molar-refractivity contribution in [3.8, 4) is 5.88 Å². The second-order valence-corrected chi connectivity index (χ2v) is 9.40. The van der Waals surface area contributed by atoms with Crippen molar-refractivity contribution in [1.29, 1.82) is 0 Å². The summed E-state index contributed by atoms with van der Waals surface area (Å²) in [5, 5.41) is 17.9. The number of fused-ring (bicyclic) bond motifs is 1. The van der Waals surface area contributed by atoms with Crippen LogP contribution in [0.5, 0.6) is 5.88 Å². The van der Waals surface area contributed by atoms with Gasteiger partial charge in [-0.25, -0.2) is 8.78 Å². The number of likely N-dealkylation sites (tertiary alicyclic amines) is 1. The Hall–Kier alpha value is -3.24. The van der Waals surface area contributed by atoms with Crippen LogP contribution in [0.4, 0.5) is 8.78 Å². The predicted molar refractivity (Wildman–Crippen MR) is 121 cm³/mol. The van der Waals surface area contributed by atoms with E-state index in [9.17, 15) is 28.3 Å². The fourth-order valence-electron chi connectivity index (χ4n) is 4.36. The summed E-state index contributed by atoms with van der Waals surface area (Å²) >= 11 is 0. The molecule has 1 aliphatic carbocycles. The fraction of sp³-hybridized carbons (Fsp3) is 0.565. The van der Waals surface area contributed by atoms with Crippen LogP contribution in [0.25, 0.3) is 11.7 Å². The van der Waals surface area contributed by atoms with Crippen molar-refractivity contribution in [2.45, 2.75) is 71.5 Å². The van der Waals surface area contributed by atoms with Gasteiger partial charge in [0.2, 0.25) is 11.8 Å². The SMILES string of the molecule is Cc1nn2c(O)c(C(=O)NC3CC3)c(=O)n(CC(C)C)c2c1C=CC(=O)N1CCCC1C(F)F. The van der Waals surface area contributed by atoms with Gasteiger partial charge in [0.05, 0.1) is 11.7 Å². The zero-order valence-corrected chi connectivity index (χ0v) is 19.4. The molecule has 2 N–H and O–H groups in total. The molecule has 2 aromatic rings. The third kappa shape index (κ3) is 4.43. The van der Waals surface area contributed by atoms with Gasteiger partial charge in [0.25, 0.3) is 17.9 Å². The lowest BCUT2D eigenvalue weighted by atomic mass is 10.1. The van der Waals surface area contributed by atoms with Crippen LogP contribution in [-0.4, -0.2) is 61.1 Å². The summed E-state index contributed by atoms with van der Waals surface area (Å²) in [6.45, 7) is 5.94. The monoisotopic (exact) mass is 477 g/mol.